The fourth-order valence-corrected chi connectivity index (χ4v) is 4.14. The van der Waals surface area contributed by atoms with Crippen molar-refractivity contribution in [2.45, 2.75) is 57.5 Å². The smallest absolute Gasteiger partial charge is 0.227 e. The summed E-state index contributed by atoms with van der Waals surface area (Å²) in [6.07, 6.45) is 7.20. The van der Waals surface area contributed by atoms with Crippen molar-refractivity contribution in [3.63, 3.8) is 0 Å². The molecule has 96 valence electrons. The number of nitrogens with two attached hydrogens (primary N) is 1. The maximum Gasteiger partial charge on any atom is 0.227 e. The maximum atomic E-state index is 12.6. The molecule has 2 N–H and O–H groups in total. The van der Waals surface area contributed by atoms with E-state index in [2.05, 4.69) is 11.8 Å². The van der Waals surface area contributed by atoms with E-state index < -0.39 is 0 Å². The van der Waals surface area contributed by atoms with Gasteiger partial charge in [0.1, 0.15) is 0 Å². The lowest BCUT2D eigenvalue weighted by atomic mass is 9.77. The lowest BCUT2D eigenvalue weighted by Gasteiger charge is -2.37. The first-order chi connectivity index (χ1) is 8.16. The minimum Gasteiger partial charge on any atom is -0.339 e. The first-order valence-corrected chi connectivity index (χ1v) is 7.23. The van der Waals surface area contributed by atoms with Crippen molar-refractivity contribution in [2.75, 3.05) is 6.54 Å². The monoisotopic (exact) mass is 236 g/mol. The van der Waals surface area contributed by atoms with Crippen LogP contribution in [-0.4, -0.2) is 29.4 Å². The fourth-order valence-electron chi connectivity index (χ4n) is 4.14. The third kappa shape index (κ3) is 1.88. The van der Waals surface area contributed by atoms with Crippen LogP contribution < -0.4 is 5.73 Å². The molecule has 3 aliphatic rings. The van der Waals surface area contributed by atoms with Crippen LogP contribution in [0.15, 0.2) is 0 Å². The van der Waals surface area contributed by atoms with Gasteiger partial charge in [0.15, 0.2) is 0 Å². The molecule has 5 unspecified atom stereocenters. The number of nitrogens with zero attached hydrogens (tertiary/aromatic N) is 1. The van der Waals surface area contributed by atoms with Crippen LogP contribution in [0.25, 0.3) is 0 Å². The number of fused-ring (bicyclic) bond motifs is 2. The number of hydrogen-bond acceptors (Lipinski definition) is 2. The Labute approximate surface area is 104 Å². The molecule has 1 heterocycles. The predicted octanol–water partition coefficient (Wildman–Crippen LogP) is 1.76. The van der Waals surface area contributed by atoms with Gasteiger partial charge in [-0.1, -0.05) is 13.3 Å². The average molecular weight is 236 g/mol. The SMILES string of the molecule is CC1CCCC(C(=O)N2CC3CCC2C3)C1N. The van der Waals surface area contributed by atoms with Crippen molar-refractivity contribution in [2.24, 2.45) is 23.5 Å². The molecule has 2 bridgehead atoms. The molecular formula is C14H24N2O. The van der Waals surface area contributed by atoms with E-state index in [-0.39, 0.29) is 12.0 Å². The molecule has 3 rings (SSSR count). The summed E-state index contributed by atoms with van der Waals surface area (Å²) in [5, 5.41) is 0. The Morgan fingerprint density at radius 1 is 1.24 bits per heavy atom. The van der Waals surface area contributed by atoms with Crippen molar-refractivity contribution >= 4 is 5.91 Å². The van der Waals surface area contributed by atoms with Gasteiger partial charge in [-0.2, -0.15) is 0 Å². The molecule has 5 atom stereocenters. The van der Waals surface area contributed by atoms with Crippen LogP contribution in [0.5, 0.6) is 0 Å². The zero-order valence-corrected chi connectivity index (χ0v) is 10.8. The third-order valence-electron chi connectivity index (χ3n) is 5.31. The number of rotatable bonds is 1. The van der Waals surface area contributed by atoms with Crippen LogP contribution >= 0.6 is 0 Å². The number of piperidine rings is 1. The van der Waals surface area contributed by atoms with Crippen molar-refractivity contribution in [3.05, 3.63) is 0 Å². The van der Waals surface area contributed by atoms with Gasteiger partial charge in [0, 0.05) is 18.6 Å². The molecular weight excluding hydrogens is 212 g/mol. The summed E-state index contributed by atoms with van der Waals surface area (Å²) in [6.45, 7) is 3.21. The van der Waals surface area contributed by atoms with Gasteiger partial charge < -0.3 is 10.6 Å². The predicted molar refractivity (Wildman–Crippen MR) is 67.3 cm³/mol. The van der Waals surface area contributed by atoms with Crippen LogP contribution in [0.3, 0.4) is 0 Å². The standard InChI is InChI=1S/C14H24N2O/c1-9-3-2-4-12(13(9)15)14(17)16-8-10-5-6-11(16)7-10/h9-13H,2-8,15H2,1H3. The number of carbonyl (C=O) groups is 1. The summed E-state index contributed by atoms with van der Waals surface area (Å²) >= 11 is 0. The van der Waals surface area contributed by atoms with E-state index >= 15 is 0 Å². The first-order valence-electron chi connectivity index (χ1n) is 7.23. The van der Waals surface area contributed by atoms with E-state index in [1.807, 2.05) is 0 Å². The Hall–Kier alpha value is -0.570. The van der Waals surface area contributed by atoms with Gasteiger partial charge in [0.2, 0.25) is 5.91 Å². The third-order valence-corrected chi connectivity index (χ3v) is 5.31. The summed E-state index contributed by atoms with van der Waals surface area (Å²) in [7, 11) is 0. The minimum atomic E-state index is 0.0929. The molecule has 0 spiro atoms. The summed E-state index contributed by atoms with van der Waals surface area (Å²) < 4.78 is 0. The van der Waals surface area contributed by atoms with E-state index in [9.17, 15) is 4.79 Å². The van der Waals surface area contributed by atoms with Gasteiger partial charge in [0.25, 0.3) is 0 Å². The largest absolute Gasteiger partial charge is 0.339 e. The Morgan fingerprint density at radius 3 is 2.71 bits per heavy atom. The summed E-state index contributed by atoms with van der Waals surface area (Å²) in [4.78, 5) is 14.8. The molecule has 0 aromatic heterocycles. The second-order valence-electron chi connectivity index (χ2n) is 6.42. The van der Waals surface area contributed by atoms with Crippen LogP contribution in [0.4, 0.5) is 0 Å². The molecule has 0 aromatic carbocycles. The van der Waals surface area contributed by atoms with Crippen LogP contribution in [-0.2, 0) is 4.79 Å². The highest BCUT2D eigenvalue weighted by Crippen LogP contribution is 2.39. The van der Waals surface area contributed by atoms with E-state index in [0.717, 1.165) is 18.9 Å². The van der Waals surface area contributed by atoms with Gasteiger partial charge in [0.05, 0.1) is 5.92 Å². The highest BCUT2D eigenvalue weighted by molar-refractivity contribution is 5.80. The molecule has 0 radical (unpaired) electrons. The molecule has 17 heavy (non-hydrogen) atoms. The highest BCUT2D eigenvalue weighted by atomic mass is 16.2. The lowest BCUT2D eigenvalue weighted by molar-refractivity contribution is -0.139. The summed E-state index contributed by atoms with van der Waals surface area (Å²) in [5.74, 6) is 1.79. The Morgan fingerprint density at radius 2 is 2.06 bits per heavy atom. The van der Waals surface area contributed by atoms with Crippen LogP contribution in [0, 0.1) is 17.8 Å². The average Bonchev–Trinajstić information content (AvgIpc) is 2.94. The fraction of sp³-hybridized carbons (Fsp3) is 0.929. The van der Waals surface area contributed by atoms with Gasteiger partial charge in [-0.25, -0.2) is 0 Å². The summed E-state index contributed by atoms with van der Waals surface area (Å²) in [5.41, 5.74) is 6.24. The zero-order chi connectivity index (χ0) is 12.0. The van der Waals surface area contributed by atoms with Gasteiger partial charge >= 0.3 is 0 Å². The molecule has 2 saturated carbocycles. The molecule has 1 saturated heterocycles. The number of likely N-dealkylation sites (tertiary alicyclic amines) is 1. The molecule has 3 fully saturated rings. The normalized spacial score (nSPS) is 45.3. The summed E-state index contributed by atoms with van der Waals surface area (Å²) in [6, 6.07) is 0.646. The Bertz CT molecular complexity index is 317. The first kappa shape index (κ1) is 11.5. The molecule has 1 aliphatic heterocycles. The number of carbonyl (C=O) groups excluding carboxylic acids is 1. The number of hydrogen-bond donors (Lipinski definition) is 1. The topological polar surface area (TPSA) is 46.3 Å². The quantitative estimate of drug-likeness (QED) is 0.754. The second-order valence-corrected chi connectivity index (χ2v) is 6.42. The zero-order valence-electron chi connectivity index (χ0n) is 10.8. The van der Waals surface area contributed by atoms with Crippen LogP contribution in [0.2, 0.25) is 0 Å². The molecule has 3 heteroatoms. The second kappa shape index (κ2) is 4.27. The molecule has 3 nitrogen and oxygen atoms in total. The van der Waals surface area contributed by atoms with Gasteiger partial charge in [-0.3, -0.25) is 4.79 Å². The van der Waals surface area contributed by atoms with E-state index in [0.29, 0.717) is 17.9 Å². The van der Waals surface area contributed by atoms with Crippen molar-refractivity contribution in [3.8, 4) is 0 Å². The van der Waals surface area contributed by atoms with E-state index in [4.69, 9.17) is 5.73 Å². The van der Waals surface area contributed by atoms with Crippen LogP contribution in [0.1, 0.15) is 45.4 Å². The molecule has 0 aromatic rings. The Kier molecular flexibility index (Phi) is 2.89. The minimum absolute atomic E-state index is 0.0929. The van der Waals surface area contributed by atoms with Gasteiger partial charge in [-0.05, 0) is 43.9 Å². The lowest BCUT2D eigenvalue weighted by Crippen LogP contribution is -2.50. The van der Waals surface area contributed by atoms with E-state index in [1.54, 1.807) is 0 Å². The van der Waals surface area contributed by atoms with Gasteiger partial charge in [-0.15, -0.1) is 0 Å². The van der Waals surface area contributed by atoms with Crippen molar-refractivity contribution < 1.29 is 4.79 Å². The van der Waals surface area contributed by atoms with E-state index in [1.165, 1.54) is 32.1 Å². The number of amides is 1. The maximum absolute atomic E-state index is 12.6. The molecule has 1 amide bonds. The molecule has 2 aliphatic carbocycles. The van der Waals surface area contributed by atoms with Crippen molar-refractivity contribution in [1.29, 1.82) is 0 Å². The Balaban J connectivity index is 1.69. The highest BCUT2D eigenvalue weighted by Gasteiger charge is 2.44. The van der Waals surface area contributed by atoms with Crippen molar-refractivity contribution in [1.82, 2.24) is 4.90 Å².